The first-order valence-electron chi connectivity index (χ1n) is 6.87. The zero-order chi connectivity index (χ0) is 12.8. The van der Waals surface area contributed by atoms with Crippen molar-refractivity contribution in [2.24, 2.45) is 7.05 Å². The van der Waals surface area contributed by atoms with Crippen LogP contribution in [0.15, 0.2) is 30.6 Å². The van der Waals surface area contributed by atoms with Crippen molar-refractivity contribution in [3.05, 3.63) is 30.6 Å². The van der Waals surface area contributed by atoms with E-state index in [1.807, 2.05) is 0 Å². The average Bonchev–Trinajstić information content (AvgIpc) is 2.71. The normalized spacial score (nSPS) is 10.6. The van der Waals surface area contributed by atoms with Crippen LogP contribution >= 0.6 is 0 Å². The summed E-state index contributed by atoms with van der Waals surface area (Å²) >= 11 is 0. The van der Waals surface area contributed by atoms with Crippen molar-refractivity contribution in [3.8, 4) is 0 Å². The molecule has 0 amide bonds. The van der Waals surface area contributed by atoms with Crippen molar-refractivity contribution >= 4 is 11.0 Å². The lowest BCUT2D eigenvalue weighted by atomic mass is 10.1. The van der Waals surface area contributed by atoms with Crippen LogP contribution in [0.3, 0.4) is 0 Å². The van der Waals surface area contributed by atoms with E-state index >= 15 is 0 Å². The highest BCUT2D eigenvalue weighted by molar-refractivity contribution is 5.71. The molecule has 0 fully saturated rings. The van der Waals surface area contributed by atoms with Gasteiger partial charge in [0.1, 0.15) is 0 Å². The van der Waals surface area contributed by atoms with E-state index in [1.165, 1.54) is 30.3 Å². The number of aryl methyl sites for hydroxylation is 2. The van der Waals surface area contributed by atoms with Crippen molar-refractivity contribution in [3.63, 3.8) is 0 Å². The number of benzene rings is 1. The van der Waals surface area contributed by atoms with Crippen molar-refractivity contribution in [1.82, 2.24) is 4.57 Å². The number of hydrogen-bond acceptors (Lipinski definition) is 1. The smallest absolute Gasteiger partial charge is 0.244 e. The molecule has 0 aliphatic heterocycles. The number of halogens is 1. The minimum Gasteiger partial charge on any atom is -1.00 e. The fourth-order valence-electron chi connectivity index (χ4n) is 2.44. The van der Waals surface area contributed by atoms with Gasteiger partial charge in [0.25, 0.3) is 0 Å². The summed E-state index contributed by atoms with van der Waals surface area (Å²) in [7, 11) is 2.10. The maximum absolute atomic E-state index is 8.72. The number of aliphatic hydroxyl groups excluding tert-OH is 1. The Morgan fingerprint density at radius 3 is 2.53 bits per heavy atom. The van der Waals surface area contributed by atoms with Crippen LogP contribution in [-0.4, -0.2) is 16.3 Å². The van der Waals surface area contributed by atoms with E-state index in [1.54, 1.807) is 0 Å². The van der Waals surface area contributed by atoms with Crippen LogP contribution in [0.4, 0.5) is 0 Å². The number of aromatic nitrogens is 2. The van der Waals surface area contributed by atoms with Gasteiger partial charge < -0.3 is 29.1 Å². The second-order valence-electron chi connectivity index (χ2n) is 4.90. The van der Waals surface area contributed by atoms with Crippen molar-refractivity contribution < 1.29 is 33.7 Å². The van der Waals surface area contributed by atoms with Gasteiger partial charge in [-0.25, -0.2) is 9.13 Å². The Balaban J connectivity index is 0.00000180. The second-order valence-corrected chi connectivity index (χ2v) is 4.90. The van der Waals surface area contributed by atoms with Crippen LogP contribution in [0.25, 0.3) is 11.0 Å². The number of para-hydroxylation sites is 2. The first-order valence-corrected chi connectivity index (χ1v) is 6.87. The maximum atomic E-state index is 8.72. The Morgan fingerprint density at radius 1 is 1.05 bits per heavy atom. The molecule has 2 aromatic rings. The fourth-order valence-corrected chi connectivity index (χ4v) is 2.44. The molecule has 4 heteroatoms. The van der Waals surface area contributed by atoms with Crippen LogP contribution in [-0.2, 0) is 13.6 Å². The number of hydrogen-bond donors (Lipinski definition) is 1. The van der Waals surface area contributed by atoms with Gasteiger partial charge in [0.05, 0.1) is 13.6 Å². The summed E-state index contributed by atoms with van der Waals surface area (Å²) in [5.74, 6) is 0. The molecule has 0 saturated carbocycles. The number of fused-ring (bicyclic) bond motifs is 1. The van der Waals surface area contributed by atoms with E-state index in [0.717, 1.165) is 19.4 Å². The molecule has 1 aromatic heterocycles. The molecule has 3 nitrogen and oxygen atoms in total. The lowest BCUT2D eigenvalue weighted by molar-refractivity contribution is -0.645. The summed E-state index contributed by atoms with van der Waals surface area (Å²) in [4.78, 5) is 0. The lowest BCUT2D eigenvalue weighted by Crippen LogP contribution is -3.00. The Labute approximate surface area is 132 Å². The molecule has 0 spiro atoms. The number of rotatable bonds is 7. The summed E-state index contributed by atoms with van der Waals surface area (Å²) in [6.45, 7) is 1.42. The lowest BCUT2D eigenvalue weighted by Gasteiger charge is -1.99. The predicted octanol–water partition coefficient (Wildman–Crippen LogP) is -0.587. The Hall–Kier alpha value is -0.620. The van der Waals surface area contributed by atoms with E-state index in [4.69, 9.17) is 5.11 Å². The quantitative estimate of drug-likeness (QED) is 0.392. The molecule has 2 rings (SSSR count). The third-order valence-electron chi connectivity index (χ3n) is 3.44. The van der Waals surface area contributed by atoms with Gasteiger partial charge in [-0.1, -0.05) is 25.0 Å². The van der Waals surface area contributed by atoms with Gasteiger partial charge in [-0.2, -0.15) is 0 Å². The summed E-state index contributed by atoms with van der Waals surface area (Å²) in [6, 6.07) is 8.52. The molecule has 1 heterocycles. The molecule has 0 bridgehead atoms. The minimum absolute atomic E-state index is 0. The van der Waals surface area contributed by atoms with E-state index in [9.17, 15) is 0 Å². The van der Waals surface area contributed by atoms with Crippen LogP contribution in [0.1, 0.15) is 32.1 Å². The average molecular weight is 374 g/mol. The number of imidazole rings is 1. The topological polar surface area (TPSA) is 29.0 Å². The van der Waals surface area contributed by atoms with Crippen molar-refractivity contribution in [2.45, 2.75) is 38.6 Å². The van der Waals surface area contributed by atoms with E-state index in [0.29, 0.717) is 6.61 Å². The zero-order valence-corrected chi connectivity index (χ0v) is 13.7. The van der Waals surface area contributed by atoms with Crippen molar-refractivity contribution in [2.75, 3.05) is 6.61 Å². The maximum Gasteiger partial charge on any atom is 0.244 e. The molecule has 106 valence electrons. The molecule has 0 aliphatic carbocycles. The Bertz CT molecular complexity index is 496. The van der Waals surface area contributed by atoms with Gasteiger partial charge in [0.2, 0.25) is 6.33 Å². The molecule has 0 aliphatic rings. The third kappa shape index (κ3) is 4.45. The number of unbranched alkanes of at least 4 members (excludes halogenated alkanes) is 4. The van der Waals surface area contributed by atoms with E-state index in [2.05, 4.69) is 46.8 Å². The Kier molecular flexibility index (Phi) is 7.38. The summed E-state index contributed by atoms with van der Waals surface area (Å²) in [5, 5.41) is 8.72. The highest BCUT2D eigenvalue weighted by Crippen LogP contribution is 2.12. The fraction of sp³-hybridized carbons (Fsp3) is 0.533. The zero-order valence-electron chi connectivity index (χ0n) is 11.6. The first-order chi connectivity index (χ1) is 8.83. The molecule has 1 aromatic carbocycles. The molecule has 1 N–H and O–H groups in total. The Morgan fingerprint density at radius 2 is 1.74 bits per heavy atom. The predicted molar refractivity (Wildman–Crippen MR) is 73.3 cm³/mol. The van der Waals surface area contributed by atoms with Gasteiger partial charge >= 0.3 is 0 Å². The standard InChI is InChI=1S/C15H23N2O.HI/c1-16-13-17(11-7-3-2-4-8-12-18)15-10-6-5-9-14(15)16;/h5-6,9-10,13,18H,2-4,7-8,11-12H2,1H3;1H/q+1;/p-1. The van der Waals surface area contributed by atoms with Gasteiger partial charge in [-0.3, -0.25) is 0 Å². The van der Waals surface area contributed by atoms with Gasteiger partial charge in [0.15, 0.2) is 11.0 Å². The van der Waals surface area contributed by atoms with E-state index in [-0.39, 0.29) is 24.0 Å². The molecule has 0 saturated heterocycles. The van der Waals surface area contributed by atoms with Gasteiger partial charge in [-0.05, 0) is 31.4 Å². The van der Waals surface area contributed by atoms with Gasteiger partial charge in [-0.15, -0.1) is 0 Å². The molecule has 0 radical (unpaired) electrons. The van der Waals surface area contributed by atoms with Crippen LogP contribution in [0.5, 0.6) is 0 Å². The van der Waals surface area contributed by atoms with Crippen molar-refractivity contribution in [1.29, 1.82) is 0 Å². The summed E-state index contributed by atoms with van der Waals surface area (Å²) < 4.78 is 4.52. The number of aliphatic hydroxyl groups is 1. The monoisotopic (exact) mass is 374 g/mol. The number of nitrogens with zero attached hydrogens (tertiary/aromatic N) is 2. The van der Waals surface area contributed by atoms with Crippen LogP contribution in [0.2, 0.25) is 0 Å². The second kappa shape index (κ2) is 8.53. The third-order valence-corrected chi connectivity index (χ3v) is 3.44. The van der Waals surface area contributed by atoms with E-state index < -0.39 is 0 Å². The molecular formula is C15H23IN2O. The summed E-state index contributed by atoms with van der Waals surface area (Å²) in [6.07, 6.45) is 7.96. The molecular weight excluding hydrogens is 351 g/mol. The largest absolute Gasteiger partial charge is 1.00 e. The highest BCUT2D eigenvalue weighted by Gasteiger charge is 2.11. The van der Waals surface area contributed by atoms with Crippen LogP contribution in [0, 0.1) is 0 Å². The van der Waals surface area contributed by atoms with Crippen LogP contribution < -0.4 is 28.5 Å². The molecule has 19 heavy (non-hydrogen) atoms. The minimum atomic E-state index is 0. The first kappa shape index (κ1) is 16.4. The molecule has 0 unspecified atom stereocenters. The SMILES string of the molecule is C[n+]1cn(CCCCCCCO)c2ccccc21.[I-]. The summed E-state index contributed by atoms with van der Waals surface area (Å²) in [5.41, 5.74) is 2.60. The highest BCUT2D eigenvalue weighted by atomic mass is 127. The molecule has 0 atom stereocenters. The van der Waals surface area contributed by atoms with Gasteiger partial charge in [0, 0.05) is 6.61 Å².